The molecule has 5 nitrogen and oxygen atoms in total. The standard InChI is InChI=1S/C20H19ClN4OS/c1-13(2)25-20(27-17-8-15(11-22)7-16(21)10-17)18(19(12-26)24-25)9-14-3-5-23-6-4-14/h3-8,10,13,26H,9,12H2,1-2H3. The lowest BCUT2D eigenvalue weighted by Gasteiger charge is -2.13. The third kappa shape index (κ3) is 4.51. The van der Waals surface area contributed by atoms with E-state index in [2.05, 4.69) is 16.2 Å². The molecule has 0 bridgehead atoms. The number of pyridine rings is 1. The molecule has 0 saturated carbocycles. The molecule has 3 aromatic rings. The third-order valence-corrected chi connectivity index (χ3v) is 5.34. The topological polar surface area (TPSA) is 74.7 Å². The lowest BCUT2D eigenvalue weighted by Crippen LogP contribution is -2.05. The van der Waals surface area contributed by atoms with Crippen LogP contribution in [0.25, 0.3) is 0 Å². The van der Waals surface area contributed by atoms with Crippen molar-refractivity contribution >= 4 is 23.4 Å². The van der Waals surface area contributed by atoms with Gasteiger partial charge in [0.25, 0.3) is 0 Å². The summed E-state index contributed by atoms with van der Waals surface area (Å²) in [6, 6.07) is 11.4. The van der Waals surface area contributed by atoms with Crippen LogP contribution in [0.3, 0.4) is 0 Å². The number of hydrogen-bond donors (Lipinski definition) is 1. The molecule has 0 unspecified atom stereocenters. The Hall–Kier alpha value is -2.33. The van der Waals surface area contributed by atoms with Gasteiger partial charge in [-0.15, -0.1) is 0 Å². The molecule has 1 N–H and O–H groups in total. The van der Waals surface area contributed by atoms with Crippen LogP contribution in [-0.4, -0.2) is 19.9 Å². The molecule has 0 saturated heterocycles. The summed E-state index contributed by atoms with van der Waals surface area (Å²) in [5, 5.41) is 25.1. The van der Waals surface area contributed by atoms with Crippen molar-refractivity contribution in [2.45, 2.75) is 42.8 Å². The number of aromatic nitrogens is 3. The van der Waals surface area contributed by atoms with Crippen molar-refractivity contribution in [3.63, 3.8) is 0 Å². The molecule has 1 aromatic carbocycles. The van der Waals surface area contributed by atoms with Gasteiger partial charge in [-0.25, -0.2) is 0 Å². The Bertz CT molecular complexity index is 980. The van der Waals surface area contributed by atoms with Crippen LogP contribution in [0.4, 0.5) is 0 Å². The van der Waals surface area contributed by atoms with E-state index in [9.17, 15) is 10.4 Å². The molecule has 138 valence electrons. The number of nitriles is 1. The number of hydrogen-bond acceptors (Lipinski definition) is 5. The van der Waals surface area contributed by atoms with E-state index in [1.807, 2.05) is 42.8 Å². The first-order valence-electron chi connectivity index (χ1n) is 8.50. The first kappa shape index (κ1) is 19.4. The number of aliphatic hydroxyl groups excluding tert-OH is 1. The minimum absolute atomic E-state index is 0.124. The van der Waals surface area contributed by atoms with Crippen molar-refractivity contribution in [1.29, 1.82) is 5.26 Å². The largest absolute Gasteiger partial charge is 0.390 e. The average Bonchev–Trinajstić information content (AvgIpc) is 2.99. The second-order valence-electron chi connectivity index (χ2n) is 6.35. The summed E-state index contributed by atoms with van der Waals surface area (Å²) >= 11 is 7.67. The maximum Gasteiger partial charge on any atom is 0.103 e. The summed E-state index contributed by atoms with van der Waals surface area (Å²) in [4.78, 5) is 4.92. The highest BCUT2D eigenvalue weighted by atomic mass is 35.5. The number of rotatable bonds is 6. The molecule has 0 spiro atoms. The van der Waals surface area contributed by atoms with Crippen molar-refractivity contribution in [3.8, 4) is 6.07 Å². The van der Waals surface area contributed by atoms with Crippen molar-refractivity contribution in [1.82, 2.24) is 14.8 Å². The molecule has 0 radical (unpaired) electrons. The van der Waals surface area contributed by atoms with E-state index >= 15 is 0 Å². The summed E-state index contributed by atoms with van der Waals surface area (Å²) < 4.78 is 1.92. The van der Waals surface area contributed by atoms with Gasteiger partial charge in [0.1, 0.15) is 5.03 Å². The SMILES string of the molecule is CC(C)n1nc(CO)c(Cc2ccncc2)c1Sc1cc(Cl)cc(C#N)c1. The van der Waals surface area contributed by atoms with Crippen LogP contribution in [0.2, 0.25) is 5.02 Å². The lowest BCUT2D eigenvalue weighted by molar-refractivity contribution is 0.273. The van der Waals surface area contributed by atoms with Crippen LogP contribution < -0.4 is 0 Å². The van der Waals surface area contributed by atoms with Gasteiger partial charge in [-0.05, 0) is 49.7 Å². The van der Waals surface area contributed by atoms with Crippen LogP contribution in [-0.2, 0) is 13.0 Å². The van der Waals surface area contributed by atoms with E-state index in [-0.39, 0.29) is 12.6 Å². The lowest BCUT2D eigenvalue weighted by atomic mass is 10.1. The van der Waals surface area contributed by atoms with Gasteiger partial charge in [-0.3, -0.25) is 9.67 Å². The zero-order valence-electron chi connectivity index (χ0n) is 15.1. The first-order chi connectivity index (χ1) is 13.0. The van der Waals surface area contributed by atoms with Gasteiger partial charge in [0, 0.05) is 40.3 Å². The summed E-state index contributed by atoms with van der Waals surface area (Å²) in [5.41, 5.74) is 3.23. The molecule has 0 atom stereocenters. The van der Waals surface area contributed by atoms with Crippen LogP contribution in [0.1, 0.15) is 42.3 Å². The number of aliphatic hydroxyl groups is 1. The Morgan fingerprint density at radius 2 is 2.00 bits per heavy atom. The molecule has 0 aliphatic carbocycles. The average molecular weight is 399 g/mol. The highest BCUT2D eigenvalue weighted by Crippen LogP contribution is 2.36. The quantitative estimate of drug-likeness (QED) is 0.655. The zero-order chi connectivity index (χ0) is 19.4. The minimum Gasteiger partial charge on any atom is -0.390 e. The molecule has 0 amide bonds. The molecule has 27 heavy (non-hydrogen) atoms. The van der Waals surface area contributed by atoms with E-state index in [1.165, 1.54) is 11.8 Å². The smallest absolute Gasteiger partial charge is 0.103 e. The Kier molecular flexibility index (Phi) is 6.17. The van der Waals surface area contributed by atoms with Gasteiger partial charge < -0.3 is 5.11 Å². The van der Waals surface area contributed by atoms with Crippen molar-refractivity contribution in [2.24, 2.45) is 0 Å². The molecule has 7 heteroatoms. The Morgan fingerprint density at radius 3 is 2.63 bits per heavy atom. The molecule has 3 rings (SSSR count). The minimum atomic E-state index is -0.132. The van der Waals surface area contributed by atoms with E-state index in [0.29, 0.717) is 22.7 Å². The predicted octanol–water partition coefficient (Wildman–Crippen LogP) is 4.62. The Labute approximate surface area is 167 Å². The monoisotopic (exact) mass is 398 g/mol. The first-order valence-corrected chi connectivity index (χ1v) is 9.69. The number of nitrogens with zero attached hydrogens (tertiary/aromatic N) is 4. The van der Waals surface area contributed by atoms with Gasteiger partial charge >= 0.3 is 0 Å². The zero-order valence-corrected chi connectivity index (χ0v) is 16.6. The van der Waals surface area contributed by atoms with E-state index in [0.717, 1.165) is 21.0 Å². The molecule has 0 fully saturated rings. The summed E-state index contributed by atoms with van der Waals surface area (Å²) in [5.74, 6) is 0. The summed E-state index contributed by atoms with van der Waals surface area (Å²) in [6.45, 7) is 3.97. The van der Waals surface area contributed by atoms with Crippen LogP contribution >= 0.6 is 23.4 Å². The van der Waals surface area contributed by atoms with Crippen molar-refractivity contribution in [2.75, 3.05) is 0 Å². The molecular weight excluding hydrogens is 380 g/mol. The summed E-state index contributed by atoms with van der Waals surface area (Å²) in [6.07, 6.45) is 4.15. The van der Waals surface area contributed by atoms with Gasteiger partial charge in [0.15, 0.2) is 0 Å². The molecule has 0 aliphatic rings. The van der Waals surface area contributed by atoms with Crippen molar-refractivity contribution in [3.05, 3.63) is 70.1 Å². The Balaban J connectivity index is 2.08. The van der Waals surface area contributed by atoms with E-state index < -0.39 is 0 Å². The highest BCUT2D eigenvalue weighted by Gasteiger charge is 2.21. The van der Waals surface area contributed by atoms with Gasteiger partial charge in [0.2, 0.25) is 0 Å². The van der Waals surface area contributed by atoms with Gasteiger partial charge in [-0.2, -0.15) is 10.4 Å². The van der Waals surface area contributed by atoms with Gasteiger partial charge in [0.05, 0.1) is 23.9 Å². The third-order valence-electron chi connectivity index (χ3n) is 4.03. The van der Waals surface area contributed by atoms with Gasteiger partial charge in [-0.1, -0.05) is 23.4 Å². The van der Waals surface area contributed by atoms with Crippen LogP contribution in [0.15, 0.2) is 52.6 Å². The number of benzene rings is 1. The fourth-order valence-electron chi connectivity index (χ4n) is 2.76. The Morgan fingerprint density at radius 1 is 1.26 bits per heavy atom. The molecule has 2 aromatic heterocycles. The van der Waals surface area contributed by atoms with Crippen LogP contribution in [0, 0.1) is 11.3 Å². The molecule has 2 heterocycles. The van der Waals surface area contributed by atoms with E-state index in [4.69, 9.17) is 11.6 Å². The van der Waals surface area contributed by atoms with Crippen LogP contribution in [0.5, 0.6) is 0 Å². The normalized spacial score (nSPS) is 11.0. The second kappa shape index (κ2) is 8.57. The number of halogens is 1. The highest BCUT2D eigenvalue weighted by molar-refractivity contribution is 7.99. The fourth-order valence-corrected chi connectivity index (χ4v) is 4.32. The maximum atomic E-state index is 9.85. The van der Waals surface area contributed by atoms with Crippen molar-refractivity contribution < 1.29 is 5.11 Å². The summed E-state index contributed by atoms with van der Waals surface area (Å²) in [7, 11) is 0. The second-order valence-corrected chi connectivity index (χ2v) is 7.85. The predicted molar refractivity (Wildman–Crippen MR) is 106 cm³/mol. The van der Waals surface area contributed by atoms with E-state index in [1.54, 1.807) is 18.5 Å². The molecule has 0 aliphatic heterocycles. The fraction of sp³-hybridized carbons (Fsp3) is 0.250. The maximum absolute atomic E-state index is 9.85. The molecular formula is C20H19ClN4OS.